The van der Waals surface area contributed by atoms with Crippen molar-refractivity contribution in [3.8, 4) is 5.75 Å². The van der Waals surface area contributed by atoms with Crippen molar-refractivity contribution < 1.29 is 9.90 Å². The Bertz CT molecular complexity index is 568. The second-order valence-electron chi connectivity index (χ2n) is 4.49. The number of benzene rings is 2. The Morgan fingerprint density at radius 3 is 2.69 bits per heavy atom. The molecule has 0 saturated heterocycles. The zero-order valence-electron chi connectivity index (χ0n) is 8.81. The highest BCUT2D eigenvalue weighted by atomic mass is 16.3. The van der Waals surface area contributed by atoms with Crippen molar-refractivity contribution in [3.63, 3.8) is 0 Å². The number of hydrogen-bond donors (Lipinski definition) is 1. The number of phenols is 1. The van der Waals surface area contributed by atoms with Gasteiger partial charge < -0.3 is 9.90 Å². The van der Waals surface area contributed by atoms with Crippen LogP contribution in [0.15, 0.2) is 36.4 Å². The Morgan fingerprint density at radius 2 is 2.00 bits per heavy atom. The molecule has 2 heteroatoms. The van der Waals surface area contributed by atoms with E-state index in [1.54, 1.807) is 12.1 Å². The molecule has 2 aromatic rings. The number of phenolic OH excluding ortho intramolecular Hbond substituents is 1. The fourth-order valence-corrected chi connectivity index (χ4v) is 2.28. The van der Waals surface area contributed by atoms with Crippen LogP contribution in [0.2, 0.25) is 0 Å². The number of carbonyl (C=O) groups is 1. The molecule has 16 heavy (non-hydrogen) atoms. The van der Waals surface area contributed by atoms with Crippen LogP contribution in [0.4, 0.5) is 0 Å². The van der Waals surface area contributed by atoms with Gasteiger partial charge in [-0.3, -0.25) is 0 Å². The summed E-state index contributed by atoms with van der Waals surface area (Å²) in [4.78, 5) is 11.2. The largest absolute Gasteiger partial charge is 0.508 e. The fourth-order valence-electron chi connectivity index (χ4n) is 2.28. The first-order chi connectivity index (χ1) is 7.75. The maximum Gasteiger partial charge on any atom is 0.130 e. The van der Waals surface area contributed by atoms with E-state index in [0.717, 1.165) is 35.5 Å². The lowest BCUT2D eigenvalue weighted by Gasteiger charge is -2.11. The average Bonchev–Trinajstić information content (AvgIpc) is 3.09. The van der Waals surface area contributed by atoms with E-state index in [4.69, 9.17) is 0 Å². The molecule has 0 atom stereocenters. The summed E-state index contributed by atoms with van der Waals surface area (Å²) in [5.74, 6) is 0.252. The molecule has 1 aliphatic carbocycles. The molecular weight excluding hydrogens is 200 g/mol. The van der Waals surface area contributed by atoms with Gasteiger partial charge in [0.2, 0.25) is 0 Å². The minimum Gasteiger partial charge on any atom is -0.508 e. The Balaban J connectivity index is 2.32. The van der Waals surface area contributed by atoms with E-state index in [9.17, 15) is 9.90 Å². The summed E-state index contributed by atoms with van der Waals surface area (Å²) in [5.41, 5.74) is 0.767. The van der Waals surface area contributed by atoms with Crippen LogP contribution < -0.4 is 0 Å². The number of fused-ring (bicyclic) bond motifs is 1. The van der Waals surface area contributed by atoms with Crippen molar-refractivity contribution >= 4 is 17.1 Å². The molecule has 80 valence electrons. The minimum absolute atomic E-state index is 0.252. The molecule has 0 amide bonds. The SMILES string of the molecule is O=CC1(c2cccc3ccc(O)cc23)CC1. The minimum atomic E-state index is -0.284. The Labute approximate surface area is 93.5 Å². The molecule has 0 spiro atoms. The third-order valence-electron chi connectivity index (χ3n) is 3.42. The summed E-state index contributed by atoms with van der Waals surface area (Å²) in [6, 6.07) is 11.3. The van der Waals surface area contributed by atoms with E-state index < -0.39 is 0 Å². The van der Waals surface area contributed by atoms with Gasteiger partial charge in [-0.15, -0.1) is 0 Å². The summed E-state index contributed by atoms with van der Waals surface area (Å²) in [6.07, 6.45) is 2.89. The molecule has 1 aliphatic rings. The summed E-state index contributed by atoms with van der Waals surface area (Å²) < 4.78 is 0. The maximum absolute atomic E-state index is 11.2. The normalized spacial score (nSPS) is 17.2. The molecule has 3 rings (SSSR count). The highest BCUT2D eigenvalue weighted by Gasteiger charge is 2.45. The molecule has 0 aliphatic heterocycles. The van der Waals surface area contributed by atoms with E-state index in [2.05, 4.69) is 0 Å². The number of aromatic hydroxyl groups is 1. The number of hydrogen-bond acceptors (Lipinski definition) is 2. The third-order valence-corrected chi connectivity index (χ3v) is 3.42. The summed E-state index contributed by atoms with van der Waals surface area (Å²) in [7, 11) is 0. The van der Waals surface area contributed by atoms with E-state index in [-0.39, 0.29) is 11.2 Å². The molecule has 1 saturated carbocycles. The zero-order valence-corrected chi connectivity index (χ0v) is 8.81. The van der Waals surface area contributed by atoms with Gasteiger partial charge in [-0.1, -0.05) is 24.3 Å². The van der Waals surface area contributed by atoms with Crippen LogP contribution >= 0.6 is 0 Å². The first-order valence-corrected chi connectivity index (χ1v) is 5.44. The monoisotopic (exact) mass is 212 g/mol. The Morgan fingerprint density at radius 1 is 1.19 bits per heavy atom. The molecule has 2 nitrogen and oxygen atoms in total. The van der Waals surface area contributed by atoms with Gasteiger partial charge in [0.1, 0.15) is 12.0 Å². The quantitative estimate of drug-likeness (QED) is 0.777. The Kier molecular flexibility index (Phi) is 1.81. The van der Waals surface area contributed by atoms with Gasteiger partial charge in [0, 0.05) is 0 Å². The first kappa shape index (κ1) is 9.40. The average molecular weight is 212 g/mol. The predicted octanol–water partition coefficient (Wildman–Crippen LogP) is 2.78. The highest BCUT2D eigenvalue weighted by Crippen LogP contribution is 2.48. The predicted molar refractivity (Wildman–Crippen MR) is 62.6 cm³/mol. The summed E-state index contributed by atoms with van der Waals surface area (Å²) >= 11 is 0. The van der Waals surface area contributed by atoms with Crippen molar-refractivity contribution in [1.82, 2.24) is 0 Å². The van der Waals surface area contributed by atoms with Crippen LogP contribution in [0.1, 0.15) is 18.4 Å². The van der Waals surface area contributed by atoms with Gasteiger partial charge in [0.25, 0.3) is 0 Å². The second-order valence-corrected chi connectivity index (χ2v) is 4.49. The van der Waals surface area contributed by atoms with Gasteiger partial charge in [0.05, 0.1) is 5.41 Å². The van der Waals surface area contributed by atoms with Crippen LogP contribution in [0.5, 0.6) is 5.75 Å². The molecule has 2 aromatic carbocycles. The van der Waals surface area contributed by atoms with Crippen LogP contribution in [-0.4, -0.2) is 11.4 Å². The fraction of sp³-hybridized carbons (Fsp3) is 0.214. The van der Waals surface area contributed by atoms with Crippen LogP contribution in [-0.2, 0) is 10.2 Å². The summed E-state index contributed by atoms with van der Waals surface area (Å²) in [5, 5.41) is 11.6. The van der Waals surface area contributed by atoms with Crippen molar-refractivity contribution in [2.75, 3.05) is 0 Å². The van der Waals surface area contributed by atoms with E-state index >= 15 is 0 Å². The van der Waals surface area contributed by atoms with Crippen molar-refractivity contribution in [2.45, 2.75) is 18.3 Å². The molecule has 1 fully saturated rings. The van der Waals surface area contributed by atoms with E-state index in [1.165, 1.54) is 0 Å². The lowest BCUT2D eigenvalue weighted by atomic mass is 9.92. The number of rotatable bonds is 2. The third kappa shape index (κ3) is 1.23. The van der Waals surface area contributed by atoms with Crippen LogP contribution in [0.25, 0.3) is 10.8 Å². The molecule has 0 unspecified atom stereocenters. The van der Waals surface area contributed by atoms with E-state index in [0.29, 0.717) is 0 Å². The lowest BCUT2D eigenvalue weighted by molar-refractivity contribution is -0.109. The van der Waals surface area contributed by atoms with Gasteiger partial charge in [0.15, 0.2) is 0 Å². The maximum atomic E-state index is 11.2. The topological polar surface area (TPSA) is 37.3 Å². The van der Waals surface area contributed by atoms with Gasteiger partial charge >= 0.3 is 0 Å². The van der Waals surface area contributed by atoms with Crippen LogP contribution in [0, 0.1) is 0 Å². The zero-order chi connectivity index (χ0) is 11.2. The molecule has 0 aromatic heterocycles. The van der Waals surface area contributed by atoms with Crippen molar-refractivity contribution in [3.05, 3.63) is 42.0 Å². The van der Waals surface area contributed by atoms with Gasteiger partial charge in [-0.05, 0) is 41.3 Å². The van der Waals surface area contributed by atoms with Gasteiger partial charge in [-0.2, -0.15) is 0 Å². The molecular formula is C14H12O2. The second kappa shape index (κ2) is 3.08. The molecule has 0 bridgehead atoms. The smallest absolute Gasteiger partial charge is 0.130 e. The number of carbonyl (C=O) groups excluding carboxylic acids is 1. The van der Waals surface area contributed by atoms with Crippen molar-refractivity contribution in [1.29, 1.82) is 0 Å². The van der Waals surface area contributed by atoms with Crippen LogP contribution in [0.3, 0.4) is 0 Å². The molecule has 0 radical (unpaired) electrons. The molecule has 1 N–H and O–H groups in total. The summed E-state index contributed by atoms with van der Waals surface area (Å²) in [6.45, 7) is 0. The highest BCUT2D eigenvalue weighted by molar-refractivity contribution is 5.92. The van der Waals surface area contributed by atoms with Gasteiger partial charge in [-0.25, -0.2) is 0 Å². The number of aldehydes is 1. The lowest BCUT2D eigenvalue weighted by Crippen LogP contribution is -2.08. The Hall–Kier alpha value is -1.83. The van der Waals surface area contributed by atoms with Crippen molar-refractivity contribution in [2.24, 2.45) is 0 Å². The molecule has 0 heterocycles. The first-order valence-electron chi connectivity index (χ1n) is 5.44. The van der Waals surface area contributed by atoms with E-state index in [1.807, 2.05) is 24.3 Å². The standard InChI is InChI=1S/C14H12O2/c15-9-14(6-7-14)13-3-1-2-10-4-5-11(16)8-12(10)13/h1-5,8-9,16H,6-7H2.